The van der Waals surface area contributed by atoms with Crippen LogP contribution in [0, 0.1) is 29.0 Å². The summed E-state index contributed by atoms with van der Waals surface area (Å²) in [6.07, 6.45) is 7.23. The van der Waals surface area contributed by atoms with Crippen molar-refractivity contribution in [2.24, 2.45) is 28.2 Å². The Hall–Kier alpha value is -4.45. The Morgan fingerprint density at radius 2 is 2.04 bits per heavy atom. The van der Waals surface area contributed by atoms with E-state index >= 15 is 0 Å². The molecule has 4 aromatic rings. The van der Waals surface area contributed by atoms with Crippen LogP contribution in [0.25, 0.3) is 22.4 Å². The molecule has 3 aliphatic carbocycles. The first-order chi connectivity index (χ1) is 23.7. The Balaban J connectivity index is 1.23. The standard InChI is InChI=1S/C37H44F2N8O2/c1-22-29-15-24(37(29,2)3)16-31(22)45-36(46-14-12-41-26(19-38)21-46)43-25-6-8-28-32(17-25)44-34(33-20-40-10-11-42-33)47(35(28)48)13-9-23-5-7-27(49-4)18-30(23)39/h5-8,10-11,17-18,20,22,24,26,29,31,41H,9,12-16,19,21H2,1-4H3,(H,43,45)/t22-,24+,26-,29-,31-/m0/s1. The number of anilines is 1. The highest BCUT2D eigenvalue weighted by molar-refractivity contribution is 5.96. The molecule has 0 amide bonds. The Kier molecular flexibility index (Phi) is 9.08. The van der Waals surface area contributed by atoms with Crippen LogP contribution < -0.4 is 20.9 Å². The molecule has 258 valence electrons. The molecule has 0 spiro atoms. The average Bonchev–Trinajstić information content (AvgIpc) is 3.12. The minimum absolute atomic E-state index is 0.169. The summed E-state index contributed by atoms with van der Waals surface area (Å²) in [5, 5.41) is 7.24. The van der Waals surface area contributed by atoms with Gasteiger partial charge in [0, 0.05) is 50.3 Å². The van der Waals surface area contributed by atoms with Crippen LogP contribution in [0.5, 0.6) is 5.75 Å². The number of methoxy groups -OCH3 is 1. The number of benzene rings is 2. The van der Waals surface area contributed by atoms with Gasteiger partial charge in [-0.25, -0.2) is 23.7 Å². The monoisotopic (exact) mass is 670 g/mol. The zero-order valence-corrected chi connectivity index (χ0v) is 28.5. The normalized spacial score (nSPS) is 24.8. The molecule has 8 rings (SSSR count). The lowest BCUT2D eigenvalue weighted by atomic mass is 9.45. The molecule has 2 aromatic carbocycles. The maximum atomic E-state index is 14.8. The Labute approximate surface area is 285 Å². The van der Waals surface area contributed by atoms with Gasteiger partial charge < -0.3 is 20.3 Å². The number of rotatable bonds is 8. The van der Waals surface area contributed by atoms with E-state index in [1.54, 1.807) is 36.8 Å². The SMILES string of the molecule is COc1ccc(CCn2c(-c3cnccn3)nc3cc(N/C(=N/[C@H]4C[C@H]5C[C@@H]([C@@H]4C)C5(C)C)N4CCN[C@@H](CF)C4)ccc3c2=O)c(F)c1. The van der Waals surface area contributed by atoms with E-state index in [4.69, 9.17) is 14.7 Å². The second kappa shape index (κ2) is 13.5. The predicted octanol–water partition coefficient (Wildman–Crippen LogP) is 5.33. The summed E-state index contributed by atoms with van der Waals surface area (Å²) in [6.45, 7) is 8.67. The number of nitrogens with zero attached hydrogens (tertiary/aromatic N) is 6. The van der Waals surface area contributed by atoms with Gasteiger partial charge in [-0.05, 0) is 72.3 Å². The second-order valence-corrected chi connectivity index (χ2v) is 14.3. The van der Waals surface area contributed by atoms with Crippen molar-refractivity contribution in [3.63, 3.8) is 0 Å². The molecule has 12 heteroatoms. The van der Waals surface area contributed by atoms with E-state index in [0.717, 1.165) is 18.1 Å². The molecule has 10 nitrogen and oxygen atoms in total. The summed E-state index contributed by atoms with van der Waals surface area (Å²) < 4.78 is 35.3. The molecule has 49 heavy (non-hydrogen) atoms. The second-order valence-electron chi connectivity index (χ2n) is 14.3. The number of nitrogens with one attached hydrogen (secondary N) is 2. The van der Waals surface area contributed by atoms with Crippen LogP contribution in [-0.2, 0) is 13.0 Å². The van der Waals surface area contributed by atoms with Crippen molar-refractivity contribution < 1.29 is 13.5 Å². The molecular weight excluding hydrogens is 626 g/mol. The molecule has 5 atom stereocenters. The first kappa shape index (κ1) is 33.1. The number of hydrogen-bond donors (Lipinski definition) is 2. The number of alkyl halides is 1. The number of aryl methyl sites for hydroxylation is 1. The van der Waals surface area contributed by atoms with Crippen LogP contribution in [0.4, 0.5) is 14.5 Å². The van der Waals surface area contributed by atoms with Gasteiger partial charge in [0.2, 0.25) is 0 Å². The number of halogens is 2. The highest BCUT2D eigenvalue weighted by Crippen LogP contribution is 2.61. The molecular formula is C37H44F2N8O2. The lowest BCUT2D eigenvalue weighted by Gasteiger charge is -2.61. The molecule has 0 unspecified atom stereocenters. The first-order valence-electron chi connectivity index (χ1n) is 17.2. The van der Waals surface area contributed by atoms with Gasteiger partial charge in [0.25, 0.3) is 5.56 Å². The summed E-state index contributed by atoms with van der Waals surface area (Å²) in [5.74, 6) is 2.82. The largest absolute Gasteiger partial charge is 0.497 e. The maximum Gasteiger partial charge on any atom is 0.261 e. The predicted molar refractivity (Wildman–Crippen MR) is 187 cm³/mol. The molecule has 2 bridgehead atoms. The van der Waals surface area contributed by atoms with E-state index in [0.29, 0.717) is 76.5 Å². The molecule has 2 N–H and O–H groups in total. The van der Waals surface area contributed by atoms with Crippen molar-refractivity contribution in [2.75, 3.05) is 38.7 Å². The molecule has 1 aliphatic heterocycles. The molecule has 4 fully saturated rings. The quantitative estimate of drug-likeness (QED) is 0.192. The van der Waals surface area contributed by atoms with Gasteiger partial charge in [0.05, 0.1) is 36.3 Å². The lowest BCUT2D eigenvalue weighted by Crippen LogP contribution is -2.58. The van der Waals surface area contributed by atoms with Crippen LogP contribution in [-0.4, -0.2) is 75.9 Å². The fourth-order valence-electron chi connectivity index (χ4n) is 8.10. The Bertz CT molecular complexity index is 1920. The van der Waals surface area contributed by atoms with Crippen molar-refractivity contribution in [3.05, 3.63) is 76.7 Å². The summed E-state index contributed by atoms with van der Waals surface area (Å²) in [6, 6.07) is 10.1. The topological polar surface area (TPSA) is 110 Å². The van der Waals surface area contributed by atoms with Crippen LogP contribution in [0.1, 0.15) is 39.2 Å². The van der Waals surface area contributed by atoms with E-state index in [1.807, 2.05) is 12.1 Å². The van der Waals surface area contributed by atoms with Crippen LogP contribution in [0.15, 0.2) is 64.8 Å². The van der Waals surface area contributed by atoms with Gasteiger partial charge in [0.15, 0.2) is 11.8 Å². The third-order valence-corrected chi connectivity index (χ3v) is 11.2. The van der Waals surface area contributed by atoms with Crippen molar-refractivity contribution in [1.29, 1.82) is 0 Å². The third kappa shape index (κ3) is 6.38. The Morgan fingerprint density at radius 1 is 1.18 bits per heavy atom. The molecule has 2 aromatic heterocycles. The third-order valence-electron chi connectivity index (χ3n) is 11.2. The fourth-order valence-corrected chi connectivity index (χ4v) is 8.10. The lowest BCUT2D eigenvalue weighted by molar-refractivity contribution is -0.108. The van der Waals surface area contributed by atoms with E-state index < -0.39 is 12.5 Å². The molecule has 0 radical (unpaired) electrons. The van der Waals surface area contributed by atoms with Gasteiger partial charge in [0.1, 0.15) is 23.9 Å². The number of fused-ring (bicyclic) bond motifs is 3. The number of hydrogen-bond acceptors (Lipinski definition) is 7. The van der Waals surface area contributed by atoms with Crippen LogP contribution >= 0.6 is 0 Å². The highest BCUT2D eigenvalue weighted by atomic mass is 19.1. The maximum absolute atomic E-state index is 14.8. The molecule has 3 saturated carbocycles. The number of aromatic nitrogens is 4. The van der Waals surface area contributed by atoms with Crippen molar-refractivity contribution >= 4 is 22.5 Å². The number of ether oxygens (including phenoxy) is 1. The zero-order chi connectivity index (χ0) is 34.3. The van der Waals surface area contributed by atoms with Crippen molar-refractivity contribution in [3.8, 4) is 17.3 Å². The van der Waals surface area contributed by atoms with E-state index in [2.05, 4.69) is 46.3 Å². The minimum Gasteiger partial charge on any atom is -0.497 e. The first-order valence-corrected chi connectivity index (χ1v) is 17.2. The zero-order valence-electron chi connectivity index (χ0n) is 28.5. The fraction of sp³-hybridized carbons (Fsp3) is 0.486. The van der Waals surface area contributed by atoms with Gasteiger partial charge in [-0.15, -0.1) is 0 Å². The number of guanidine groups is 1. The van der Waals surface area contributed by atoms with Gasteiger partial charge in [-0.1, -0.05) is 26.8 Å². The number of piperazine rings is 1. The van der Waals surface area contributed by atoms with E-state index in [9.17, 15) is 13.6 Å². The van der Waals surface area contributed by atoms with Gasteiger partial charge in [-0.2, -0.15) is 0 Å². The van der Waals surface area contributed by atoms with Crippen molar-refractivity contribution in [2.45, 2.75) is 58.7 Å². The van der Waals surface area contributed by atoms with Gasteiger partial charge in [-0.3, -0.25) is 14.3 Å². The summed E-state index contributed by atoms with van der Waals surface area (Å²) in [5.41, 5.74) is 2.19. The number of aliphatic imine (C=N–C) groups is 1. The molecule has 1 saturated heterocycles. The Morgan fingerprint density at radius 3 is 2.76 bits per heavy atom. The average molecular weight is 671 g/mol. The summed E-state index contributed by atoms with van der Waals surface area (Å²) >= 11 is 0. The van der Waals surface area contributed by atoms with Crippen molar-refractivity contribution in [1.82, 2.24) is 29.7 Å². The highest BCUT2D eigenvalue weighted by Gasteiger charge is 2.56. The van der Waals surface area contributed by atoms with E-state index in [-0.39, 0.29) is 30.6 Å². The smallest absolute Gasteiger partial charge is 0.261 e. The molecule has 3 heterocycles. The van der Waals surface area contributed by atoms with Crippen LogP contribution in [0.2, 0.25) is 0 Å². The summed E-state index contributed by atoms with van der Waals surface area (Å²) in [4.78, 5) is 35.1. The molecule has 4 aliphatic rings. The van der Waals surface area contributed by atoms with Gasteiger partial charge >= 0.3 is 0 Å². The van der Waals surface area contributed by atoms with Crippen LogP contribution in [0.3, 0.4) is 0 Å². The summed E-state index contributed by atoms with van der Waals surface area (Å²) in [7, 11) is 1.49. The minimum atomic E-state index is -0.454. The van der Waals surface area contributed by atoms with E-state index in [1.165, 1.54) is 24.2 Å².